The Bertz CT molecular complexity index is 479. The van der Waals surface area contributed by atoms with Gasteiger partial charge in [-0.25, -0.2) is 0 Å². The molecule has 2 saturated carbocycles. The molecule has 1 nitrogen and oxygen atoms in total. The zero-order valence-electron chi connectivity index (χ0n) is 11.3. The van der Waals surface area contributed by atoms with Crippen molar-refractivity contribution in [3.8, 4) is 0 Å². The maximum Gasteiger partial charge on any atom is 0.416 e. The predicted molar refractivity (Wildman–Crippen MR) is 70.1 cm³/mol. The van der Waals surface area contributed by atoms with Crippen molar-refractivity contribution in [2.24, 2.45) is 17.3 Å². The highest BCUT2D eigenvalue weighted by Crippen LogP contribution is 2.57. The van der Waals surface area contributed by atoms with Crippen LogP contribution in [0.3, 0.4) is 0 Å². The van der Waals surface area contributed by atoms with Crippen molar-refractivity contribution in [1.82, 2.24) is 0 Å². The van der Waals surface area contributed by atoms with Gasteiger partial charge in [-0.1, -0.05) is 18.6 Å². The molecule has 1 aromatic rings. The largest absolute Gasteiger partial charge is 0.416 e. The Labute approximate surface area is 116 Å². The van der Waals surface area contributed by atoms with Gasteiger partial charge in [0.2, 0.25) is 0 Å². The summed E-state index contributed by atoms with van der Waals surface area (Å²) in [6.45, 7) is 0.148. The number of benzene rings is 1. The number of rotatable bonds is 3. The molecule has 0 aromatic heterocycles. The van der Waals surface area contributed by atoms with Crippen LogP contribution in [0.2, 0.25) is 0 Å². The zero-order chi connectivity index (χ0) is 14.4. The molecular formula is C16H19F3O. The van der Waals surface area contributed by atoms with Gasteiger partial charge < -0.3 is 5.11 Å². The Hall–Kier alpha value is -1.03. The molecule has 3 rings (SSSR count). The van der Waals surface area contributed by atoms with E-state index in [9.17, 15) is 18.3 Å². The van der Waals surface area contributed by atoms with Crippen molar-refractivity contribution in [3.63, 3.8) is 0 Å². The maximum absolute atomic E-state index is 12.5. The number of aliphatic hydroxyl groups excluding tert-OH is 1. The lowest BCUT2D eigenvalue weighted by atomic mass is 9.70. The SMILES string of the molecule is OCC1(Cc2ccc(C(F)(F)F)cc2)CC2CCC1C2. The van der Waals surface area contributed by atoms with Crippen LogP contribution in [0.4, 0.5) is 13.2 Å². The summed E-state index contributed by atoms with van der Waals surface area (Å²) in [4.78, 5) is 0. The number of hydrogen-bond donors (Lipinski definition) is 1. The smallest absolute Gasteiger partial charge is 0.396 e. The first kappa shape index (κ1) is 13.9. The molecule has 1 N–H and O–H groups in total. The summed E-state index contributed by atoms with van der Waals surface area (Å²) in [7, 11) is 0. The average Bonchev–Trinajstić information content (AvgIpc) is 2.99. The third-order valence-corrected chi connectivity index (χ3v) is 5.25. The summed E-state index contributed by atoms with van der Waals surface area (Å²) in [5.41, 5.74) is 0.203. The molecule has 2 aliphatic carbocycles. The van der Waals surface area contributed by atoms with Gasteiger partial charge in [-0.2, -0.15) is 13.2 Å². The molecule has 2 bridgehead atoms. The van der Waals surface area contributed by atoms with Crippen LogP contribution in [0.15, 0.2) is 24.3 Å². The predicted octanol–water partition coefficient (Wildman–Crippen LogP) is 4.05. The monoisotopic (exact) mass is 284 g/mol. The van der Waals surface area contributed by atoms with E-state index in [1.165, 1.54) is 12.8 Å². The molecule has 110 valence electrons. The number of halogens is 3. The molecule has 0 aliphatic heterocycles. The second-order valence-electron chi connectivity index (χ2n) is 6.47. The molecule has 0 spiro atoms. The Morgan fingerprint density at radius 2 is 1.85 bits per heavy atom. The van der Waals surface area contributed by atoms with Crippen LogP contribution in [0.5, 0.6) is 0 Å². The van der Waals surface area contributed by atoms with Crippen LogP contribution < -0.4 is 0 Å². The fourth-order valence-corrected chi connectivity index (χ4v) is 4.24. The van der Waals surface area contributed by atoms with E-state index in [1.54, 1.807) is 12.1 Å². The van der Waals surface area contributed by atoms with Crippen molar-refractivity contribution in [1.29, 1.82) is 0 Å². The van der Waals surface area contributed by atoms with Crippen LogP contribution in [-0.4, -0.2) is 11.7 Å². The van der Waals surface area contributed by atoms with Crippen LogP contribution in [0.1, 0.15) is 36.8 Å². The lowest BCUT2D eigenvalue weighted by Crippen LogP contribution is -2.34. The quantitative estimate of drug-likeness (QED) is 0.888. The molecule has 3 atom stereocenters. The first-order valence-electron chi connectivity index (χ1n) is 7.20. The molecule has 0 heterocycles. The second-order valence-corrected chi connectivity index (χ2v) is 6.47. The highest BCUT2D eigenvalue weighted by molar-refractivity contribution is 5.26. The number of hydrogen-bond acceptors (Lipinski definition) is 1. The Kier molecular flexibility index (Phi) is 3.32. The Balaban J connectivity index is 1.77. The van der Waals surface area contributed by atoms with Crippen molar-refractivity contribution >= 4 is 0 Å². The van der Waals surface area contributed by atoms with Gasteiger partial charge in [0.1, 0.15) is 0 Å². The highest BCUT2D eigenvalue weighted by Gasteiger charge is 2.50. The van der Waals surface area contributed by atoms with Crippen molar-refractivity contribution in [2.45, 2.75) is 38.3 Å². The number of alkyl halides is 3. The molecule has 4 heteroatoms. The topological polar surface area (TPSA) is 20.2 Å². The summed E-state index contributed by atoms with van der Waals surface area (Å²) < 4.78 is 37.6. The van der Waals surface area contributed by atoms with E-state index >= 15 is 0 Å². The molecule has 0 amide bonds. The van der Waals surface area contributed by atoms with E-state index in [2.05, 4.69) is 0 Å². The molecule has 1 aromatic carbocycles. The van der Waals surface area contributed by atoms with Crippen LogP contribution in [-0.2, 0) is 12.6 Å². The van der Waals surface area contributed by atoms with E-state index in [0.717, 1.165) is 30.5 Å². The Morgan fingerprint density at radius 1 is 1.15 bits per heavy atom. The van der Waals surface area contributed by atoms with Crippen LogP contribution >= 0.6 is 0 Å². The first-order chi connectivity index (χ1) is 9.43. The fraction of sp³-hybridized carbons (Fsp3) is 0.625. The lowest BCUT2D eigenvalue weighted by molar-refractivity contribution is -0.137. The van der Waals surface area contributed by atoms with Crippen molar-refractivity contribution in [3.05, 3.63) is 35.4 Å². The van der Waals surface area contributed by atoms with E-state index in [4.69, 9.17) is 0 Å². The van der Waals surface area contributed by atoms with Gasteiger partial charge in [0, 0.05) is 12.0 Å². The zero-order valence-corrected chi connectivity index (χ0v) is 11.3. The number of aliphatic hydroxyl groups is 1. The second kappa shape index (κ2) is 4.76. The van der Waals surface area contributed by atoms with Gasteiger partial charge in [-0.3, -0.25) is 0 Å². The van der Waals surface area contributed by atoms with E-state index in [1.807, 2.05) is 0 Å². The summed E-state index contributed by atoms with van der Waals surface area (Å²) in [6.07, 6.45) is 1.03. The van der Waals surface area contributed by atoms with Gasteiger partial charge in [-0.15, -0.1) is 0 Å². The van der Waals surface area contributed by atoms with Gasteiger partial charge in [0.25, 0.3) is 0 Å². The minimum Gasteiger partial charge on any atom is -0.396 e. The van der Waals surface area contributed by atoms with Crippen LogP contribution in [0.25, 0.3) is 0 Å². The fourth-order valence-electron chi connectivity index (χ4n) is 4.24. The van der Waals surface area contributed by atoms with E-state index < -0.39 is 11.7 Å². The summed E-state index contributed by atoms with van der Waals surface area (Å²) >= 11 is 0. The standard InChI is InChI=1S/C16H19F3O/c17-16(18,19)13-4-1-11(2-5-13)8-15(10-20)9-12-3-6-14(15)7-12/h1-2,4-5,12,14,20H,3,6-10H2. The van der Waals surface area contributed by atoms with E-state index in [0.29, 0.717) is 18.3 Å². The third-order valence-electron chi connectivity index (χ3n) is 5.25. The van der Waals surface area contributed by atoms with Crippen molar-refractivity contribution in [2.75, 3.05) is 6.61 Å². The molecule has 2 fully saturated rings. The summed E-state index contributed by atoms with van der Waals surface area (Å²) in [5, 5.41) is 9.80. The van der Waals surface area contributed by atoms with E-state index in [-0.39, 0.29) is 12.0 Å². The maximum atomic E-state index is 12.5. The highest BCUT2D eigenvalue weighted by atomic mass is 19.4. The summed E-state index contributed by atoms with van der Waals surface area (Å²) in [5.74, 6) is 1.25. The van der Waals surface area contributed by atoms with Gasteiger partial charge in [-0.05, 0) is 55.2 Å². The normalized spacial score (nSPS) is 32.8. The molecule has 0 radical (unpaired) electrons. The van der Waals surface area contributed by atoms with Gasteiger partial charge in [0.05, 0.1) is 5.56 Å². The Morgan fingerprint density at radius 3 is 2.30 bits per heavy atom. The molecule has 3 unspecified atom stereocenters. The van der Waals surface area contributed by atoms with Gasteiger partial charge >= 0.3 is 6.18 Å². The average molecular weight is 284 g/mol. The lowest BCUT2D eigenvalue weighted by Gasteiger charge is -2.36. The third kappa shape index (κ3) is 2.34. The summed E-state index contributed by atoms with van der Waals surface area (Å²) in [6, 6.07) is 5.42. The van der Waals surface area contributed by atoms with Crippen molar-refractivity contribution < 1.29 is 18.3 Å². The molecule has 2 aliphatic rings. The molecular weight excluding hydrogens is 265 g/mol. The van der Waals surface area contributed by atoms with Crippen LogP contribution in [0, 0.1) is 17.3 Å². The molecule has 0 saturated heterocycles. The minimum atomic E-state index is -4.28. The minimum absolute atomic E-state index is 0.0946. The first-order valence-corrected chi connectivity index (χ1v) is 7.20. The molecule has 20 heavy (non-hydrogen) atoms. The van der Waals surface area contributed by atoms with Gasteiger partial charge in [0.15, 0.2) is 0 Å². The number of fused-ring (bicyclic) bond motifs is 2.